The first-order chi connectivity index (χ1) is 8.97. The highest BCUT2D eigenvalue weighted by atomic mass is 16.6. The second-order valence-electron chi connectivity index (χ2n) is 5.72. The van der Waals surface area contributed by atoms with Gasteiger partial charge in [0.15, 0.2) is 0 Å². The smallest absolute Gasteiger partial charge is 0.277 e. The Hall–Kier alpha value is -1.65. The summed E-state index contributed by atoms with van der Waals surface area (Å²) >= 11 is 0. The molecule has 1 aromatic heterocycles. The van der Waals surface area contributed by atoms with E-state index in [0.29, 0.717) is 23.3 Å². The molecule has 0 radical (unpaired) electrons. The van der Waals surface area contributed by atoms with Crippen LogP contribution in [-0.4, -0.2) is 15.9 Å². The molecular formula is C14H21N3O2. The van der Waals surface area contributed by atoms with Crippen molar-refractivity contribution in [3.63, 3.8) is 0 Å². The van der Waals surface area contributed by atoms with Crippen molar-refractivity contribution in [3.8, 4) is 0 Å². The minimum absolute atomic E-state index is 0.134. The molecule has 3 atom stereocenters. The Bertz CT molecular complexity index is 476. The van der Waals surface area contributed by atoms with Gasteiger partial charge in [-0.2, -0.15) is 0 Å². The maximum Gasteiger partial charge on any atom is 0.277 e. The van der Waals surface area contributed by atoms with Gasteiger partial charge in [-0.1, -0.05) is 13.8 Å². The minimum Gasteiger partial charge on any atom is -0.367 e. The highest BCUT2D eigenvalue weighted by Crippen LogP contribution is 2.31. The van der Waals surface area contributed by atoms with Crippen LogP contribution in [0.25, 0.3) is 0 Å². The van der Waals surface area contributed by atoms with Gasteiger partial charge < -0.3 is 5.32 Å². The van der Waals surface area contributed by atoms with Crippen molar-refractivity contribution in [2.24, 2.45) is 11.8 Å². The molecule has 1 saturated carbocycles. The van der Waals surface area contributed by atoms with Crippen LogP contribution < -0.4 is 5.32 Å². The van der Waals surface area contributed by atoms with E-state index in [4.69, 9.17) is 0 Å². The Morgan fingerprint density at radius 2 is 2.11 bits per heavy atom. The van der Waals surface area contributed by atoms with Gasteiger partial charge >= 0.3 is 0 Å². The molecule has 1 aliphatic rings. The third kappa shape index (κ3) is 3.22. The number of pyridine rings is 1. The van der Waals surface area contributed by atoms with E-state index < -0.39 is 0 Å². The third-order valence-electron chi connectivity index (χ3n) is 4.22. The number of aryl methyl sites for hydroxylation is 1. The number of hydrogen-bond acceptors (Lipinski definition) is 4. The molecule has 0 spiro atoms. The van der Waals surface area contributed by atoms with Gasteiger partial charge in [0.05, 0.1) is 11.0 Å². The fraction of sp³-hybridized carbons (Fsp3) is 0.643. The molecule has 1 aromatic rings. The first-order valence-corrected chi connectivity index (χ1v) is 6.85. The monoisotopic (exact) mass is 263 g/mol. The lowest BCUT2D eigenvalue weighted by Gasteiger charge is -2.32. The third-order valence-corrected chi connectivity index (χ3v) is 4.22. The van der Waals surface area contributed by atoms with Gasteiger partial charge in [-0.05, 0) is 38.0 Å². The molecule has 1 N–H and O–H groups in total. The van der Waals surface area contributed by atoms with Crippen LogP contribution in [0.3, 0.4) is 0 Å². The van der Waals surface area contributed by atoms with Gasteiger partial charge in [-0.25, -0.2) is 4.98 Å². The number of nitro groups is 1. The van der Waals surface area contributed by atoms with Gasteiger partial charge in [0.1, 0.15) is 5.82 Å². The van der Waals surface area contributed by atoms with Gasteiger partial charge in [0.25, 0.3) is 5.69 Å². The fourth-order valence-electron chi connectivity index (χ4n) is 2.68. The molecule has 1 fully saturated rings. The van der Waals surface area contributed by atoms with Crippen LogP contribution in [0.4, 0.5) is 11.5 Å². The van der Waals surface area contributed by atoms with Crippen LogP contribution in [0.5, 0.6) is 0 Å². The quantitative estimate of drug-likeness (QED) is 0.669. The lowest BCUT2D eigenvalue weighted by molar-refractivity contribution is -0.385. The fourth-order valence-corrected chi connectivity index (χ4v) is 2.68. The predicted molar refractivity (Wildman–Crippen MR) is 75.2 cm³/mol. The second kappa shape index (κ2) is 5.55. The molecule has 0 bridgehead atoms. The number of rotatable bonds is 3. The van der Waals surface area contributed by atoms with Crippen molar-refractivity contribution in [1.82, 2.24) is 4.98 Å². The van der Waals surface area contributed by atoms with Crippen molar-refractivity contribution in [3.05, 3.63) is 27.9 Å². The molecule has 0 aliphatic heterocycles. The maximum atomic E-state index is 10.9. The van der Waals surface area contributed by atoms with Crippen molar-refractivity contribution >= 4 is 11.5 Å². The van der Waals surface area contributed by atoms with E-state index in [2.05, 4.69) is 24.1 Å². The van der Waals surface area contributed by atoms with E-state index in [0.717, 1.165) is 18.8 Å². The molecule has 19 heavy (non-hydrogen) atoms. The summed E-state index contributed by atoms with van der Waals surface area (Å²) in [6, 6.07) is 1.92. The van der Waals surface area contributed by atoms with Gasteiger partial charge in [0.2, 0.25) is 0 Å². The van der Waals surface area contributed by atoms with E-state index in [1.165, 1.54) is 12.5 Å². The number of nitrogens with zero attached hydrogens (tertiary/aromatic N) is 2. The second-order valence-corrected chi connectivity index (χ2v) is 5.72. The molecule has 0 aromatic carbocycles. The van der Waals surface area contributed by atoms with E-state index in [-0.39, 0.29) is 10.6 Å². The Kier molecular flexibility index (Phi) is 4.02. The standard InChI is InChI=1S/C14H21N3O2/c1-9-4-5-12(6-10(9)2)16-14-7-13(17(18)19)11(3)8-15-14/h7-10,12H,4-6H2,1-3H3,(H,15,16). The van der Waals surface area contributed by atoms with Crippen molar-refractivity contribution in [2.75, 3.05) is 5.32 Å². The number of anilines is 1. The van der Waals surface area contributed by atoms with Crippen molar-refractivity contribution < 1.29 is 4.92 Å². The molecule has 0 amide bonds. The molecule has 104 valence electrons. The van der Waals surface area contributed by atoms with Crippen LogP contribution >= 0.6 is 0 Å². The largest absolute Gasteiger partial charge is 0.367 e. The zero-order chi connectivity index (χ0) is 14.0. The average Bonchev–Trinajstić information content (AvgIpc) is 2.36. The van der Waals surface area contributed by atoms with Crippen molar-refractivity contribution in [1.29, 1.82) is 0 Å². The summed E-state index contributed by atoms with van der Waals surface area (Å²) in [4.78, 5) is 14.8. The average molecular weight is 263 g/mol. The van der Waals surface area contributed by atoms with E-state index in [9.17, 15) is 10.1 Å². The number of aromatic nitrogens is 1. The first kappa shape index (κ1) is 13.8. The molecule has 1 aliphatic carbocycles. The number of hydrogen-bond donors (Lipinski definition) is 1. The van der Waals surface area contributed by atoms with E-state index in [1.807, 2.05) is 0 Å². The van der Waals surface area contributed by atoms with Gasteiger partial charge in [-0.15, -0.1) is 0 Å². The number of nitrogens with one attached hydrogen (secondary N) is 1. The molecule has 2 rings (SSSR count). The topological polar surface area (TPSA) is 68.1 Å². The normalized spacial score (nSPS) is 27.0. The summed E-state index contributed by atoms with van der Waals surface area (Å²) in [6.07, 6.45) is 4.97. The summed E-state index contributed by atoms with van der Waals surface area (Å²) < 4.78 is 0. The minimum atomic E-state index is -0.353. The van der Waals surface area contributed by atoms with Crippen LogP contribution in [0, 0.1) is 28.9 Å². The van der Waals surface area contributed by atoms with Gasteiger partial charge in [-0.3, -0.25) is 10.1 Å². The van der Waals surface area contributed by atoms with E-state index in [1.54, 1.807) is 13.1 Å². The lowest BCUT2D eigenvalue weighted by Crippen LogP contribution is -2.30. The predicted octanol–water partition coefficient (Wildman–Crippen LogP) is 3.53. The first-order valence-electron chi connectivity index (χ1n) is 6.85. The molecule has 3 unspecified atom stereocenters. The van der Waals surface area contributed by atoms with Crippen LogP contribution in [-0.2, 0) is 0 Å². The summed E-state index contributed by atoms with van der Waals surface area (Å²) in [5, 5.41) is 14.2. The summed E-state index contributed by atoms with van der Waals surface area (Å²) in [5.74, 6) is 2.06. The van der Waals surface area contributed by atoms with Crippen molar-refractivity contribution in [2.45, 2.75) is 46.1 Å². The SMILES string of the molecule is Cc1cnc(NC2CCC(C)C(C)C2)cc1[N+](=O)[O-]. The molecule has 1 heterocycles. The van der Waals surface area contributed by atoms with Crippen LogP contribution in [0.1, 0.15) is 38.7 Å². The van der Waals surface area contributed by atoms with Gasteiger partial charge in [0, 0.05) is 17.8 Å². The van der Waals surface area contributed by atoms with E-state index >= 15 is 0 Å². The molecular weight excluding hydrogens is 242 g/mol. The molecule has 5 nitrogen and oxygen atoms in total. The summed E-state index contributed by atoms with van der Waals surface area (Å²) in [5.41, 5.74) is 0.732. The van der Waals surface area contributed by atoms with Crippen LogP contribution in [0.15, 0.2) is 12.3 Å². The Morgan fingerprint density at radius 3 is 2.74 bits per heavy atom. The Balaban J connectivity index is 2.07. The molecule has 0 saturated heterocycles. The summed E-state index contributed by atoms with van der Waals surface area (Å²) in [6.45, 7) is 6.26. The zero-order valence-corrected chi connectivity index (χ0v) is 11.7. The summed E-state index contributed by atoms with van der Waals surface area (Å²) in [7, 11) is 0. The highest BCUT2D eigenvalue weighted by molar-refractivity contribution is 5.49. The highest BCUT2D eigenvalue weighted by Gasteiger charge is 2.25. The lowest BCUT2D eigenvalue weighted by atomic mass is 9.79. The van der Waals surface area contributed by atoms with Crippen LogP contribution in [0.2, 0.25) is 0 Å². The zero-order valence-electron chi connectivity index (χ0n) is 11.7. The Morgan fingerprint density at radius 1 is 1.37 bits per heavy atom. The Labute approximate surface area is 113 Å². The maximum absolute atomic E-state index is 10.9. The molecule has 5 heteroatoms.